The Labute approximate surface area is 132 Å². The van der Waals surface area contributed by atoms with Crippen LogP contribution in [0.3, 0.4) is 0 Å². The molecule has 0 bridgehead atoms. The van der Waals surface area contributed by atoms with Crippen LogP contribution >= 0.6 is 24.2 Å². The van der Waals surface area contributed by atoms with Gasteiger partial charge in [0, 0.05) is 24.5 Å². The van der Waals surface area contributed by atoms with Crippen LogP contribution < -0.4 is 5.32 Å². The van der Waals surface area contributed by atoms with E-state index in [2.05, 4.69) is 35.5 Å². The van der Waals surface area contributed by atoms with Crippen molar-refractivity contribution in [1.29, 1.82) is 0 Å². The molecule has 20 heavy (non-hydrogen) atoms. The van der Waals surface area contributed by atoms with Crippen molar-refractivity contribution in [2.45, 2.75) is 32.7 Å². The first-order chi connectivity index (χ1) is 9.27. The Balaban J connectivity index is 0.00000121. The number of piperidine rings is 1. The van der Waals surface area contributed by atoms with Crippen molar-refractivity contribution in [1.82, 2.24) is 10.2 Å². The first-order valence-electron chi connectivity index (χ1n) is 7.53. The Morgan fingerprint density at radius 3 is 3.05 bits per heavy atom. The average molecular weight is 311 g/mol. The zero-order valence-corrected chi connectivity index (χ0v) is 13.8. The lowest BCUT2D eigenvalue weighted by Gasteiger charge is -2.37. The summed E-state index contributed by atoms with van der Waals surface area (Å²) in [6.45, 7) is 8.17. The van der Waals surface area contributed by atoms with Crippen LogP contribution in [0.15, 0.2) is 33.2 Å². The van der Waals surface area contributed by atoms with Gasteiger partial charge in [0.25, 0.3) is 0 Å². The summed E-state index contributed by atoms with van der Waals surface area (Å²) in [6.07, 6.45) is 4.97. The molecule has 0 amide bonds. The minimum absolute atomic E-state index is 0. The van der Waals surface area contributed by atoms with Gasteiger partial charge in [0.05, 0.1) is 11.7 Å². The Kier molecular flexibility index (Phi) is 3.95. The molecule has 3 aliphatic heterocycles. The van der Waals surface area contributed by atoms with Gasteiger partial charge in [-0.1, -0.05) is 19.9 Å². The van der Waals surface area contributed by atoms with Gasteiger partial charge in [0.2, 0.25) is 0 Å². The van der Waals surface area contributed by atoms with Crippen LogP contribution in [-0.4, -0.2) is 30.6 Å². The second kappa shape index (κ2) is 5.43. The van der Waals surface area contributed by atoms with Gasteiger partial charge in [0.1, 0.15) is 0 Å². The van der Waals surface area contributed by atoms with Gasteiger partial charge in [-0.25, -0.2) is 0 Å². The van der Waals surface area contributed by atoms with Gasteiger partial charge in [-0.05, 0) is 41.2 Å². The summed E-state index contributed by atoms with van der Waals surface area (Å²) in [6, 6.07) is 0.662. The van der Waals surface area contributed by atoms with E-state index in [1.165, 1.54) is 12.8 Å². The summed E-state index contributed by atoms with van der Waals surface area (Å²) in [5, 5.41) is 5.92. The normalized spacial score (nSPS) is 35.5. The van der Waals surface area contributed by atoms with Crippen molar-refractivity contribution in [3.05, 3.63) is 33.2 Å². The maximum Gasteiger partial charge on any atom is 0.0562 e. The second-order valence-electron chi connectivity index (χ2n) is 6.35. The lowest BCUT2D eigenvalue weighted by Crippen LogP contribution is -2.46. The zero-order valence-electron chi connectivity index (χ0n) is 12.2. The van der Waals surface area contributed by atoms with Crippen molar-refractivity contribution >= 4 is 24.2 Å². The van der Waals surface area contributed by atoms with E-state index in [-0.39, 0.29) is 12.4 Å². The number of allylic oxidation sites excluding steroid dienone is 2. The predicted molar refractivity (Wildman–Crippen MR) is 89.0 cm³/mol. The first kappa shape index (κ1) is 14.6. The summed E-state index contributed by atoms with van der Waals surface area (Å²) in [5.74, 6) is 1.46. The van der Waals surface area contributed by atoms with Gasteiger partial charge < -0.3 is 10.2 Å². The summed E-state index contributed by atoms with van der Waals surface area (Å²) < 4.78 is 0. The van der Waals surface area contributed by atoms with E-state index in [1.807, 2.05) is 11.8 Å². The fourth-order valence-electron chi connectivity index (χ4n) is 4.19. The standard InChI is InChI=1S/C16H22N2S.ClH/c1-10-4-5-12-13-9-17-8-11(2)14(13)18-6-3-7-19-16(10)15(12)18;/h3,7,10-11,14,17H,4-6,8-9H2,1-2H3;1H. The molecule has 0 saturated carbocycles. The third-order valence-electron chi connectivity index (χ3n) is 5.08. The summed E-state index contributed by atoms with van der Waals surface area (Å²) in [7, 11) is 0. The fourth-order valence-corrected chi connectivity index (χ4v) is 5.22. The van der Waals surface area contributed by atoms with Crippen molar-refractivity contribution in [3.63, 3.8) is 0 Å². The molecule has 1 saturated heterocycles. The quantitative estimate of drug-likeness (QED) is 0.737. The van der Waals surface area contributed by atoms with Crippen LogP contribution in [0.4, 0.5) is 0 Å². The molecule has 3 heterocycles. The molecule has 3 atom stereocenters. The molecule has 0 aromatic rings. The molecule has 1 fully saturated rings. The van der Waals surface area contributed by atoms with Crippen molar-refractivity contribution in [3.8, 4) is 0 Å². The van der Waals surface area contributed by atoms with Crippen molar-refractivity contribution in [2.24, 2.45) is 11.8 Å². The molecule has 0 aromatic carbocycles. The van der Waals surface area contributed by atoms with Crippen LogP contribution in [0.2, 0.25) is 0 Å². The highest BCUT2D eigenvalue weighted by molar-refractivity contribution is 8.05. The lowest BCUT2D eigenvalue weighted by molar-refractivity contribution is 0.236. The second-order valence-corrected chi connectivity index (χ2v) is 7.30. The average Bonchev–Trinajstić information content (AvgIpc) is 2.57. The number of hydrogen-bond donors (Lipinski definition) is 1. The van der Waals surface area contributed by atoms with E-state index in [1.54, 1.807) is 21.7 Å². The molecule has 4 aliphatic rings. The largest absolute Gasteiger partial charge is 0.360 e. The van der Waals surface area contributed by atoms with E-state index in [0.29, 0.717) is 6.04 Å². The van der Waals surface area contributed by atoms with E-state index in [4.69, 9.17) is 0 Å². The Hall–Kier alpha value is -0.380. The Morgan fingerprint density at radius 2 is 2.20 bits per heavy atom. The number of rotatable bonds is 0. The van der Waals surface area contributed by atoms with Gasteiger partial charge in [-0.15, -0.1) is 24.2 Å². The summed E-state index contributed by atoms with van der Waals surface area (Å²) in [5.41, 5.74) is 5.01. The summed E-state index contributed by atoms with van der Waals surface area (Å²) >= 11 is 1.97. The van der Waals surface area contributed by atoms with Crippen LogP contribution in [0.25, 0.3) is 0 Å². The van der Waals surface area contributed by atoms with Crippen LogP contribution in [0, 0.1) is 11.8 Å². The molecule has 4 heteroatoms. The number of nitrogens with one attached hydrogen (secondary N) is 1. The molecule has 4 rings (SSSR count). The SMILES string of the molecule is CC1CCC2=C3CNCC(C)C3N3CC=CSC1=C23.Cl. The molecule has 110 valence electrons. The number of fused-ring (bicyclic) bond motifs is 2. The van der Waals surface area contributed by atoms with Crippen LogP contribution in [0.1, 0.15) is 26.7 Å². The molecule has 3 unspecified atom stereocenters. The molecule has 2 nitrogen and oxygen atoms in total. The lowest BCUT2D eigenvalue weighted by atomic mass is 9.86. The molecular formula is C16H23ClN2S. The third kappa shape index (κ3) is 1.98. The van der Waals surface area contributed by atoms with Crippen LogP contribution in [0.5, 0.6) is 0 Å². The van der Waals surface area contributed by atoms with Gasteiger partial charge in [-0.2, -0.15) is 0 Å². The predicted octanol–water partition coefficient (Wildman–Crippen LogP) is 3.53. The van der Waals surface area contributed by atoms with E-state index in [0.717, 1.165) is 31.5 Å². The molecular weight excluding hydrogens is 288 g/mol. The Morgan fingerprint density at radius 1 is 1.35 bits per heavy atom. The smallest absolute Gasteiger partial charge is 0.0562 e. The fraction of sp³-hybridized carbons (Fsp3) is 0.625. The number of halogens is 1. The van der Waals surface area contributed by atoms with Gasteiger partial charge in [0.15, 0.2) is 0 Å². The minimum Gasteiger partial charge on any atom is -0.360 e. The third-order valence-corrected chi connectivity index (χ3v) is 6.25. The highest BCUT2D eigenvalue weighted by Gasteiger charge is 2.43. The molecule has 1 N–H and O–H groups in total. The topological polar surface area (TPSA) is 15.3 Å². The first-order valence-corrected chi connectivity index (χ1v) is 8.41. The van der Waals surface area contributed by atoms with E-state index >= 15 is 0 Å². The van der Waals surface area contributed by atoms with Gasteiger partial charge >= 0.3 is 0 Å². The minimum atomic E-state index is 0. The maximum atomic E-state index is 3.61. The monoisotopic (exact) mass is 310 g/mol. The van der Waals surface area contributed by atoms with Gasteiger partial charge in [-0.3, -0.25) is 0 Å². The zero-order chi connectivity index (χ0) is 13.0. The highest BCUT2D eigenvalue weighted by atomic mass is 35.5. The highest BCUT2D eigenvalue weighted by Crippen LogP contribution is 2.50. The molecule has 0 aromatic heterocycles. The Bertz CT molecular complexity index is 509. The number of hydrogen-bond acceptors (Lipinski definition) is 3. The summed E-state index contributed by atoms with van der Waals surface area (Å²) in [4.78, 5) is 4.33. The molecule has 1 aliphatic carbocycles. The van der Waals surface area contributed by atoms with Crippen molar-refractivity contribution in [2.75, 3.05) is 19.6 Å². The molecule has 0 spiro atoms. The number of nitrogens with zero attached hydrogens (tertiary/aromatic N) is 1. The molecule has 0 radical (unpaired) electrons. The van der Waals surface area contributed by atoms with Crippen molar-refractivity contribution < 1.29 is 0 Å². The van der Waals surface area contributed by atoms with Crippen LogP contribution in [-0.2, 0) is 0 Å². The van der Waals surface area contributed by atoms with E-state index in [9.17, 15) is 0 Å². The maximum absolute atomic E-state index is 3.61. The van der Waals surface area contributed by atoms with E-state index < -0.39 is 0 Å². The number of thioether (sulfide) groups is 1.